The molecule has 1 aromatic carbocycles. The predicted octanol–water partition coefficient (Wildman–Crippen LogP) is 3.14. The maximum atomic E-state index is 5.44. The zero-order valence-electron chi connectivity index (χ0n) is 12.6. The lowest BCUT2D eigenvalue weighted by Crippen LogP contribution is -2.27. The molecule has 1 aliphatic carbocycles. The molecule has 2 unspecified atom stereocenters. The van der Waals surface area contributed by atoms with E-state index in [2.05, 4.69) is 48.1 Å². The van der Waals surface area contributed by atoms with Crippen molar-refractivity contribution in [2.45, 2.75) is 44.9 Å². The lowest BCUT2D eigenvalue weighted by molar-refractivity contribution is 0.107. The Hall–Kier alpha value is -1.32. The van der Waals surface area contributed by atoms with Gasteiger partial charge in [-0.25, -0.2) is 0 Å². The smallest absolute Gasteiger partial charge is 0.0586 e. The number of aromatic nitrogens is 1. The monoisotopic (exact) mass is 272 g/mol. The molecule has 0 radical (unpaired) electrons. The van der Waals surface area contributed by atoms with E-state index in [1.54, 1.807) is 0 Å². The number of nitrogens with one attached hydrogen (secondary N) is 1. The minimum Gasteiger partial charge on any atom is -0.381 e. The van der Waals surface area contributed by atoms with E-state index in [-0.39, 0.29) is 0 Å². The molecule has 0 aliphatic heterocycles. The predicted molar refractivity (Wildman–Crippen MR) is 82.9 cm³/mol. The van der Waals surface area contributed by atoms with Crippen LogP contribution in [0.2, 0.25) is 0 Å². The van der Waals surface area contributed by atoms with Crippen LogP contribution in [0.3, 0.4) is 0 Å². The molecular weight excluding hydrogens is 248 g/mol. The SMILES string of the molecule is COC1CCC(NCc2c(C)c3ccccc3n2C)C1. The van der Waals surface area contributed by atoms with Crippen molar-refractivity contribution >= 4 is 10.9 Å². The lowest BCUT2D eigenvalue weighted by atomic mass is 10.1. The molecule has 0 bridgehead atoms. The average molecular weight is 272 g/mol. The first-order valence-corrected chi connectivity index (χ1v) is 7.49. The zero-order chi connectivity index (χ0) is 14.1. The molecule has 1 saturated carbocycles. The van der Waals surface area contributed by atoms with Gasteiger partial charge in [0.05, 0.1) is 6.10 Å². The zero-order valence-corrected chi connectivity index (χ0v) is 12.6. The molecule has 0 amide bonds. The third-order valence-electron chi connectivity index (χ3n) is 4.78. The number of ether oxygens (including phenoxy) is 1. The van der Waals surface area contributed by atoms with Crippen molar-refractivity contribution < 1.29 is 4.74 Å². The fraction of sp³-hybridized carbons (Fsp3) is 0.529. The summed E-state index contributed by atoms with van der Waals surface area (Å²) in [4.78, 5) is 0. The quantitative estimate of drug-likeness (QED) is 0.925. The molecule has 3 heteroatoms. The Balaban J connectivity index is 1.75. The number of methoxy groups -OCH3 is 1. The van der Waals surface area contributed by atoms with Crippen molar-refractivity contribution in [3.63, 3.8) is 0 Å². The average Bonchev–Trinajstić information content (AvgIpc) is 3.03. The van der Waals surface area contributed by atoms with Gasteiger partial charge < -0.3 is 14.6 Å². The van der Waals surface area contributed by atoms with Gasteiger partial charge in [-0.15, -0.1) is 0 Å². The number of fused-ring (bicyclic) bond motifs is 1. The molecule has 3 nitrogen and oxygen atoms in total. The Morgan fingerprint density at radius 3 is 2.80 bits per heavy atom. The molecule has 1 N–H and O–H groups in total. The van der Waals surface area contributed by atoms with Gasteiger partial charge in [0, 0.05) is 43.3 Å². The number of hydrogen-bond donors (Lipinski definition) is 1. The van der Waals surface area contributed by atoms with E-state index in [9.17, 15) is 0 Å². The third kappa shape index (κ3) is 2.36. The number of nitrogens with zero attached hydrogens (tertiary/aromatic N) is 1. The maximum absolute atomic E-state index is 5.44. The topological polar surface area (TPSA) is 26.2 Å². The molecule has 0 saturated heterocycles. The molecule has 1 aliphatic rings. The highest BCUT2D eigenvalue weighted by Gasteiger charge is 2.24. The van der Waals surface area contributed by atoms with Crippen LogP contribution in [0, 0.1) is 6.92 Å². The molecule has 1 aromatic heterocycles. The number of rotatable bonds is 4. The summed E-state index contributed by atoms with van der Waals surface area (Å²) >= 11 is 0. The Labute approximate surface area is 120 Å². The highest BCUT2D eigenvalue weighted by molar-refractivity contribution is 5.85. The van der Waals surface area contributed by atoms with Gasteiger partial charge >= 0.3 is 0 Å². The van der Waals surface area contributed by atoms with Gasteiger partial charge in [-0.1, -0.05) is 18.2 Å². The first kappa shape index (κ1) is 13.7. The van der Waals surface area contributed by atoms with E-state index in [1.807, 2.05) is 7.11 Å². The van der Waals surface area contributed by atoms with Crippen LogP contribution >= 0.6 is 0 Å². The van der Waals surface area contributed by atoms with Crippen molar-refractivity contribution in [2.75, 3.05) is 7.11 Å². The minimum absolute atomic E-state index is 0.445. The maximum Gasteiger partial charge on any atom is 0.0586 e. The van der Waals surface area contributed by atoms with Gasteiger partial charge in [0.15, 0.2) is 0 Å². The summed E-state index contributed by atoms with van der Waals surface area (Å²) in [6.45, 7) is 3.17. The first-order chi connectivity index (χ1) is 9.70. The Bertz CT molecular complexity index is 563. The summed E-state index contributed by atoms with van der Waals surface area (Å²) in [7, 11) is 3.99. The second-order valence-electron chi connectivity index (χ2n) is 5.90. The van der Waals surface area contributed by atoms with E-state index >= 15 is 0 Å². The van der Waals surface area contributed by atoms with Gasteiger partial charge in [-0.05, 0) is 37.8 Å². The van der Waals surface area contributed by atoms with E-state index in [4.69, 9.17) is 4.74 Å². The van der Waals surface area contributed by atoms with Crippen molar-refractivity contribution in [1.82, 2.24) is 9.88 Å². The first-order valence-electron chi connectivity index (χ1n) is 7.49. The van der Waals surface area contributed by atoms with Crippen LogP contribution in [0.4, 0.5) is 0 Å². The Morgan fingerprint density at radius 2 is 2.10 bits per heavy atom. The molecule has 1 fully saturated rings. The third-order valence-corrected chi connectivity index (χ3v) is 4.78. The van der Waals surface area contributed by atoms with Gasteiger partial charge in [0.2, 0.25) is 0 Å². The summed E-state index contributed by atoms with van der Waals surface area (Å²) in [6.07, 6.45) is 3.99. The van der Waals surface area contributed by atoms with Crippen LogP contribution < -0.4 is 5.32 Å². The molecule has 0 spiro atoms. The fourth-order valence-electron chi connectivity index (χ4n) is 3.47. The minimum atomic E-state index is 0.445. The Kier molecular flexibility index (Phi) is 3.81. The standard InChI is InChI=1S/C17H24N2O/c1-12-15-6-4-5-7-16(15)19(2)17(12)11-18-13-8-9-14(10-13)20-3/h4-7,13-14,18H,8-11H2,1-3H3. The molecule has 1 heterocycles. The summed E-state index contributed by atoms with van der Waals surface area (Å²) in [5.74, 6) is 0. The van der Waals surface area contributed by atoms with Gasteiger partial charge in [0.25, 0.3) is 0 Å². The second kappa shape index (κ2) is 5.58. The molecule has 20 heavy (non-hydrogen) atoms. The molecule has 3 rings (SSSR count). The summed E-state index contributed by atoms with van der Waals surface area (Å²) in [5, 5.41) is 5.07. The summed E-state index contributed by atoms with van der Waals surface area (Å²) in [5.41, 5.74) is 4.12. The van der Waals surface area contributed by atoms with Crippen molar-refractivity contribution in [3.05, 3.63) is 35.5 Å². The van der Waals surface area contributed by atoms with Crippen LogP contribution in [-0.4, -0.2) is 23.8 Å². The fourth-order valence-corrected chi connectivity index (χ4v) is 3.47. The van der Waals surface area contributed by atoms with Crippen LogP contribution in [-0.2, 0) is 18.3 Å². The molecule has 108 valence electrons. The lowest BCUT2D eigenvalue weighted by Gasteiger charge is -2.14. The summed E-state index contributed by atoms with van der Waals surface area (Å²) < 4.78 is 7.76. The van der Waals surface area contributed by atoms with E-state index < -0.39 is 0 Å². The second-order valence-corrected chi connectivity index (χ2v) is 5.90. The van der Waals surface area contributed by atoms with Gasteiger partial charge in [-0.3, -0.25) is 0 Å². The van der Waals surface area contributed by atoms with Crippen molar-refractivity contribution in [2.24, 2.45) is 7.05 Å². The van der Waals surface area contributed by atoms with Gasteiger partial charge in [0.1, 0.15) is 0 Å². The Morgan fingerprint density at radius 1 is 1.30 bits per heavy atom. The number of hydrogen-bond acceptors (Lipinski definition) is 2. The highest BCUT2D eigenvalue weighted by Crippen LogP contribution is 2.26. The highest BCUT2D eigenvalue weighted by atomic mass is 16.5. The van der Waals surface area contributed by atoms with Crippen LogP contribution in [0.15, 0.2) is 24.3 Å². The largest absolute Gasteiger partial charge is 0.381 e. The van der Waals surface area contributed by atoms with Crippen LogP contribution in [0.5, 0.6) is 0 Å². The van der Waals surface area contributed by atoms with E-state index in [0.29, 0.717) is 12.1 Å². The number of para-hydroxylation sites is 1. The normalized spacial score (nSPS) is 22.8. The van der Waals surface area contributed by atoms with Crippen LogP contribution in [0.25, 0.3) is 10.9 Å². The number of aryl methyl sites for hydroxylation is 2. The van der Waals surface area contributed by atoms with Crippen molar-refractivity contribution in [3.8, 4) is 0 Å². The molecule has 2 aromatic rings. The van der Waals surface area contributed by atoms with Crippen molar-refractivity contribution in [1.29, 1.82) is 0 Å². The molecular formula is C17H24N2O. The molecule has 2 atom stereocenters. The number of benzene rings is 1. The van der Waals surface area contributed by atoms with E-state index in [0.717, 1.165) is 13.0 Å². The summed E-state index contributed by atoms with van der Waals surface area (Å²) in [6, 6.07) is 9.23. The van der Waals surface area contributed by atoms with E-state index in [1.165, 1.54) is 35.0 Å². The van der Waals surface area contributed by atoms with Crippen LogP contribution in [0.1, 0.15) is 30.5 Å². The van der Waals surface area contributed by atoms with Gasteiger partial charge in [-0.2, -0.15) is 0 Å².